The summed E-state index contributed by atoms with van der Waals surface area (Å²) in [6.07, 6.45) is -1.31. The topological polar surface area (TPSA) is 45.8 Å². The third-order valence-electron chi connectivity index (χ3n) is 3.39. The number of aryl methyl sites for hydroxylation is 1. The maximum absolute atomic E-state index is 12.6. The number of nitrogens with one attached hydrogen (secondary N) is 1. The van der Waals surface area contributed by atoms with Gasteiger partial charge in [0.1, 0.15) is 5.69 Å². The van der Waals surface area contributed by atoms with E-state index in [1.807, 2.05) is 0 Å². The van der Waals surface area contributed by atoms with Gasteiger partial charge in [0, 0.05) is 23.9 Å². The first kappa shape index (κ1) is 12.9. The Labute approximate surface area is 112 Å². The molecule has 0 saturated carbocycles. The average molecular weight is 280 g/mol. The largest absolute Gasteiger partial charge is 0.433 e. The summed E-state index contributed by atoms with van der Waals surface area (Å²) in [5.74, 6) is 0.0163. The molecule has 0 radical (unpaired) electrons. The van der Waals surface area contributed by atoms with E-state index >= 15 is 0 Å². The first-order chi connectivity index (χ1) is 9.45. The number of carbonyl (C=O) groups is 1. The Hall–Kier alpha value is -2.11. The van der Waals surface area contributed by atoms with E-state index in [2.05, 4.69) is 9.97 Å². The molecule has 0 amide bonds. The minimum atomic E-state index is -4.47. The standard InChI is InChI=1S/C14H11F3N2O/c15-14(16,17)12-7-8(4-5-18-12)10-6-9-2-1-3-11(20)13(9)19-10/h4-7,19H,1-3H2. The van der Waals surface area contributed by atoms with Crippen molar-refractivity contribution in [3.63, 3.8) is 0 Å². The molecular formula is C14H11F3N2O. The molecule has 0 spiro atoms. The van der Waals surface area contributed by atoms with Crippen LogP contribution in [0.4, 0.5) is 13.2 Å². The maximum Gasteiger partial charge on any atom is 0.433 e. The zero-order valence-electron chi connectivity index (χ0n) is 10.4. The molecule has 0 saturated heterocycles. The number of aromatic nitrogens is 2. The smallest absolute Gasteiger partial charge is 0.352 e. The van der Waals surface area contributed by atoms with Crippen molar-refractivity contribution in [3.8, 4) is 11.3 Å². The van der Waals surface area contributed by atoms with E-state index in [1.54, 1.807) is 6.07 Å². The molecule has 3 rings (SSSR count). The number of fused-ring (bicyclic) bond motifs is 1. The van der Waals surface area contributed by atoms with E-state index in [9.17, 15) is 18.0 Å². The summed E-state index contributed by atoms with van der Waals surface area (Å²) in [6, 6.07) is 4.24. The molecule has 1 aliphatic carbocycles. The quantitative estimate of drug-likeness (QED) is 0.867. The normalized spacial score (nSPS) is 15.2. The van der Waals surface area contributed by atoms with Crippen LogP contribution in [-0.4, -0.2) is 15.8 Å². The van der Waals surface area contributed by atoms with Gasteiger partial charge in [-0.15, -0.1) is 0 Å². The number of nitrogens with zero attached hydrogens (tertiary/aromatic N) is 1. The summed E-state index contributed by atoms with van der Waals surface area (Å²) in [7, 11) is 0. The van der Waals surface area contributed by atoms with Gasteiger partial charge >= 0.3 is 6.18 Å². The molecule has 2 aromatic heterocycles. The summed E-state index contributed by atoms with van der Waals surface area (Å²) in [5.41, 5.74) is 1.37. The lowest BCUT2D eigenvalue weighted by Crippen LogP contribution is -2.09. The summed E-state index contributed by atoms with van der Waals surface area (Å²) >= 11 is 0. The van der Waals surface area contributed by atoms with Crippen molar-refractivity contribution in [1.29, 1.82) is 0 Å². The van der Waals surface area contributed by atoms with Crippen LogP contribution in [0.25, 0.3) is 11.3 Å². The molecule has 0 unspecified atom stereocenters. The number of pyridine rings is 1. The van der Waals surface area contributed by atoms with Crippen molar-refractivity contribution < 1.29 is 18.0 Å². The van der Waals surface area contributed by atoms with E-state index in [0.717, 1.165) is 30.7 Å². The van der Waals surface area contributed by atoms with Gasteiger partial charge in [-0.3, -0.25) is 9.78 Å². The zero-order valence-corrected chi connectivity index (χ0v) is 10.4. The fraction of sp³-hybridized carbons (Fsp3) is 0.286. The number of halogens is 3. The Bertz CT molecular complexity index is 673. The van der Waals surface area contributed by atoms with Gasteiger partial charge in [0.05, 0.1) is 5.69 Å². The molecule has 1 N–H and O–H groups in total. The first-order valence-corrected chi connectivity index (χ1v) is 6.24. The van der Waals surface area contributed by atoms with Crippen LogP contribution >= 0.6 is 0 Å². The first-order valence-electron chi connectivity index (χ1n) is 6.24. The van der Waals surface area contributed by atoms with Crippen LogP contribution in [0.2, 0.25) is 0 Å². The predicted octanol–water partition coefficient (Wildman–Crippen LogP) is 3.61. The molecule has 2 aromatic rings. The highest BCUT2D eigenvalue weighted by molar-refractivity contribution is 5.97. The zero-order chi connectivity index (χ0) is 14.3. The highest BCUT2D eigenvalue weighted by Gasteiger charge is 2.32. The van der Waals surface area contributed by atoms with Crippen LogP contribution in [0.5, 0.6) is 0 Å². The lowest BCUT2D eigenvalue weighted by Gasteiger charge is -2.08. The van der Waals surface area contributed by atoms with Crippen molar-refractivity contribution >= 4 is 5.78 Å². The minimum Gasteiger partial charge on any atom is -0.352 e. The SMILES string of the molecule is O=C1CCCc2cc(-c3ccnc(C(F)(F)F)c3)[nH]c21. The van der Waals surface area contributed by atoms with Gasteiger partial charge in [-0.05, 0) is 36.6 Å². The molecule has 3 nitrogen and oxygen atoms in total. The van der Waals surface area contributed by atoms with Crippen LogP contribution in [0, 0.1) is 0 Å². The number of aromatic amines is 1. The number of rotatable bonds is 1. The second kappa shape index (κ2) is 4.47. The van der Waals surface area contributed by atoms with E-state index < -0.39 is 11.9 Å². The molecular weight excluding hydrogens is 269 g/mol. The fourth-order valence-electron chi connectivity index (χ4n) is 2.42. The Morgan fingerprint density at radius 3 is 2.70 bits per heavy atom. The van der Waals surface area contributed by atoms with Crippen LogP contribution in [0.3, 0.4) is 0 Å². The molecule has 0 bridgehead atoms. The number of hydrogen-bond acceptors (Lipinski definition) is 2. The van der Waals surface area contributed by atoms with Crippen LogP contribution in [0.1, 0.15) is 34.6 Å². The number of ketones is 1. The highest BCUT2D eigenvalue weighted by Crippen LogP contribution is 2.32. The molecule has 20 heavy (non-hydrogen) atoms. The van der Waals surface area contributed by atoms with Crippen molar-refractivity contribution in [3.05, 3.63) is 41.3 Å². The number of alkyl halides is 3. The van der Waals surface area contributed by atoms with Crippen molar-refractivity contribution in [2.75, 3.05) is 0 Å². The summed E-state index contributed by atoms with van der Waals surface area (Å²) < 4.78 is 37.9. The monoisotopic (exact) mass is 280 g/mol. The van der Waals surface area contributed by atoms with Crippen LogP contribution in [-0.2, 0) is 12.6 Å². The summed E-state index contributed by atoms with van der Waals surface area (Å²) in [6.45, 7) is 0. The second-order valence-corrected chi connectivity index (χ2v) is 4.79. The third kappa shape index (κ3) is 2.21. The van der Waals surface area contributed by atoms with Gasteiger partial charge in [-0.2, -0.15) is 13.2 Å². The Morgan fingerprint density at radius 1 is 1.20 bits per heavy atom. The minimum absolute atomic E-state index is 0.0163. The van der Waals surface area contributed by atoms with E-state index in [1.165, 1.54) is 6.07 Å². The van der Waals surface area contributed by atoms with E-state index in [0.29, 0.717) is 23.4 Å². The fourth-order valence-corrected chi connectivity index (χ4v) is 2.42. The summed E-state index contributed by atoms with van der Waals surface area (Å²) in [4.78, 5) is 18.0. The number of Topliss-reactive ketones (excluding diaryl/α,β-unsaturated/α-hetero) is 1. The molecule has 6 heteroatoms. The number of H-pyrrole nitrogens is 1. The molecule has 0 aromatic carbocycles. The molecule has 1 aliphatic rings. The lowest BCUT2D eigenvalue weighted by molar-refractivity contribution is -0.141. The van der Waals surface area contributed by atoms with Crippen LogP contribution in [0.15, 0.2) is 24.4 Å². The highest BCUT2D eigenvalue weighted by atomic mass is 19.4. The Balaban J connectivity index is 2.04. The average Bonchev–Trinajstić information content (AvgIpc) is 2.83. The van der Waals surface area contributed by atoms with Gasteiger partial charge in [0.25, 0.3) is 0 Å². The van der Waals surface area contributed by atoms with E-state index in [-0.39, 0.29) is 5.78 Å². The Kier molecular flexibility index (Phi) is 2.88. The van der Waals surface area contributed by atoms with Crippen molar-refractivity contribution in [2.45, 2.75) is 25.4 Å². The maximum atomic E-state index is 12.6. The van der Waals surface area contributed by atoms with Gasteiger partial charge < -0.3 is 4.98 Å². The van der Waals surface area contributed by atoms with Gasteiger partial charge in [-0.25, -0.2) is 0 Å². The lowest BCUT2D eigenvalue weighted by atomic mass is 9.97. The van der Waals surface area contributed by atoms with Gasteiger partial charge in [0.2, 0.25) is 0 Å². The van der Waals surface area contributed by atoms with Crippen LogP contribution < -0.4 is 0 Å². The molecule has 0 aliphatic heterocycles. The molecule has 0 fully saturated rings. The molecule has 0 atom stereocenters. The van der Waals surface area contributed by atoms with Gasteiger partial charge in [-0.1, -0.05) is 0 Å². The Morgan fingerprint density at radius 2 is 2.00 bits per heavy atom. The predicted molar refractivity (Wildman–Crippen MR) is 66.3 cm³/mol. The summed E-state index contributed by atoms with van der Waals surface area (Å²) in [5, 5.41) is 0. The number of hydrogen-bond donors (Lipinski definition) is 1. The second-order valence-electron chi connectivity index (χ2n) is 4.79. The van der Waals surface area contributed by atoms with Gasteiger partial charge in [0.15, 0.2) is 5.78 Å². The molecule has 2 heterocycles. The van der Waals surface area contributed by atoms with Crippen molar-refractivity contribution in [1.82, 2.24) is 9.97 Å². The third-order valence-corrected chi connectivity index (χ3v) is 3.39. The number of carbonyl (C=O) groups excluding carboxylic acids is 1. The molecule has 104 valence electrons. The van der Waals surface area contributed by atoms with E-state index in [4.69, 9.17) is 0 Å². The van der Waals surface area contributed by atoms with Crippen molar-refractivity contribution in [2.24, 2.45) is 0 Å².